The minimum Gasteiger partial charge on any atom is -0.324 e. The summed E-state index contributed by atoms with van der Waals surface area (Å²) in [5, 5.41) is 1.19. The number of hydrogen-bond acceptors (Lipinski definition) is 2. The third-order valence-corrected chi connectivity index (χ3v) is 4.98. The normalized spacial score (nSPS) is 11.5. The van der Waals surface area contributed by atoms with E-state index in [1.165, 1.54) is 5.56 Å². The van der Waals surface area contributed by atoms with Crippen LogP contribution in [0.1, 0.15) is 17.0 Å². The lowest BCUT2D eigenvalue weighted by Gasteiger charge is -2.07. The molecule has 4 rings (SSSR count). The van der Waals surface area contributed by atoms with E-state index in [1.807, 2.05) is 31.2 Å². The van der Waals surface area contributed by atoms with E-state index in [0.717, 1.165) is 34.7 Å². The fourth-order valence-electron chi connectivity index (χ4n) is 3.03. The zero-order valence-corrected chi connectivity index (χ0v) is 16.2. The Morgan fingerprint density at radius 2 is 1.81 bits per heavy atom. The third kappa shape index (κ3) is 3.90. The fraction of sp³-hybridized carbons (Fsp3) is 0.0909. The summed E-state index contributed by atoms with van der Waals surface area (Å²) < 4.78 is 2.22. The van der Waals surface area contributed by atoms with Crippen molar-refractivity contribution in [3.8, 4) is 0 Å². The molecule has 0 N–H and O–H groups in total. The minimum atomic E-state index is 0.579. The first-order valence-electron chi connectivity index (χ1n) is 8.60. The summed E-state index contributed by atoms with van der Waals surface area (Å²) >= 11 is 12.1. The first-order valence-corrected chi connectivity index (χ1v) is 9.36. The highest BCUT2D eigenvalue weighted by Crippen LogP contribution is 2.24. The molecule has 4 aromatic rings. The van der Waals surface area contributed by atoms with Gasteiger partial charge in [-0.1, -0.05) is 59.6 Å². The van der Waals surface area contributed by atoms with Gasteiger partial charge in [0.2, 0.25) is 0 Å². The lowest BCUT2D eigenvalue weighted by molar-refractivity contribution is 0.786. The molecule has 0 atom stereocenters. The number of rotatable bonds is 4. The number of aliphatic imine (C=N–C) groups is 1. The summed E-state index contributed by atoms with van der Waals surface area (Å²) in [5.41, 5.74) is 4.93. The van der Waals surface area contributed by atoms with Gasteiger partial charge in [-0.2, -0.15) is 0 Å². The first-order chi connectivity index (χ1) is 13.1. The van der Waals surface area contributed by atoms with Crippen molar-refractivity contribution in [2.45, 2.75) is 13.5 Å². The van der Waals surface area contributed by atoms with Gasteiger partial charge < -0.3 is 4.57 Å². The van der Waals surface area contributed by atoms with Gasteiger partial charge in [0.1, 0.15) is 5.82 Å². The maximum atomic E-state index is 6.20. The lowest BCUT2D eigenvalue weighted by Crippen LogP contribution is -2.01. The molecule has 3 aromatic carbocycles. The molecule has 0 saturated heterocycles. The summed E-state index contributed by atoms with van der Waals surface area (Å²) in [4.78, 5) is 9.24. The quantitative estimate of drug-likeness (QED) is 0.366. The van der Waals surface area contributed by atoms with Gasteiger partial charge in [0.15, 0.2) is 0 Å². The van der Waals surface area contributed by atoms with Gasteiger partial charge in [0.05, 0.1) is 21.7 Å². The maximum absolute atomic E-state index is 6.20. The summed E-state index contributed by atoms with van der Waals surface area (Å²) in [6.07, 6.45) is 1.74. The second-order valence-electron chi connectivity index (χ2n) is 6.33. The van der Waals surface area contributed by atoms with Crippen LogP contribution in [0.2, 0.25) is 10.0 Å². The molecule has 1 heterocycles. The van der Waals surface area contributed by atoms with Gasteiger partial charge in [-0.15, -0.1) is 0 Å². The van der Waals surface area contributed by atoms with E-state index in [-0.39, 0.29) is 0 Å². The Morgan fingerprint density at radius 1 is 1.00 bits per heavy atom. The van der Waals surface area contributed by atoms with Crippen molar-refractivity contribution in [2.75, 3.05) is 0 Å². The van der Waals surface area contributed by atoms with Crippen molar-refractivity contribution in [3.63, 3.8) is 0 Å². The van der Waals surface area contributed by atoms with Gasteiger partial charge in [-0.3, -0.25) is 4.99 Å². The molecular formula is C22H17Cl2N3. The van der Waals surface area contributed by atoms with Gasteiger partial charge in [0, 0.05) is 23.3 Å². The molecule has 1 aromatic heterocycles. The van der Waals surface area contributed by atoms with Crippen molar-refractivity contribution < 1.29 is 0 Å². The molecule has 3 nitrogen and oxygen atoms in total. The number of hydrogen-bond donors (Lipinski definition) is 0. The molecule has 5 heteroatoms. The Labute approximate surface area is 167 Å². The van der Waals surface area contributed by atoms with Gasteiger partial charge in [0.25, 0.3) is 0 Å². The highest BCUT2D eigenvalue weighted by atomic mass is 35.5. The summed E-state index contributed by atoms with van der Waals surface area (Å²) in [6, 6.07) is 21.8. The van der Waals surface area contributed by atoms with E-state index in [2.05, 4.69) is 39.9 Å². The number of benzene rings is 3. The molecule has 0 saturated carbocycles. The number of fused-ring (bicyclic) bond motifs is 1. The number of aromatic nitrogens is 2. The Balaban J connectivity index is 1.64. The summed E-state index contributed by atoms with van der Waals surface area (Å²) in [7, 11) is 0. The Bertz CT molecular complexity index is 1130. The second-order valence-corrected chi connectivity index (χ2v) is 7.17. The molecule has 0 aliphatic rings. The Hall–Kier alpha value is -2.62. The first kappa shape index (κ1) is 17.8. The molecule has 0 radical (unpaired) electrons. The van der Waals surface area contributed by atoms with E-state index in [9.17, 15) is 0 Å². The van der Waals surface area contributed by atoms with Gasteiger partial charge in [-0.25, -0.2) is 4.98 Å². The SMILES string of the molecule is Cc1nc2cc(N=Cc3ccc(Cl)cc3Cl)ccc2n1Cc1ccccc1. The molecule has 134 valence electrons. The van der Waals surface area contributed by atoms with E-state index in [1.54, 1.807) is 18.3 Å². The van der Waals surface area contributed by atoms with Crippen LogP contribution in [0.15, 0.2) is 71.7 Å². The maximum Gasteiger partial charge on any atom is 0.107 e. The van der Waals surface area contributed by atoms with Crippen LogP contribution < -0.4 is 0 Å². The summed E-state index contributed by atoms with van der Waals surface area (Å²) in [6.45, 7) is 2.82. The van der Waals surface area contributed by atoms with E-state index in [0.29, 0.717) is 10.0 Å². The highest BCUT2D eigenvalue weighted by Gasteiger charge is 2.08. The number of imidazole rings is 1. The molecular weight excluding hydrogens is 377 g/mol. The van der Waals surface area contributed by atoms with E-state index < -0.39 is 0 Å². The molecule has 0 bridgehead atoms. The standard InChI is InChI=1S/C22H17Cl2N3/c1-15-26-21-12-19(25-13-17-7-8-18(23)11-20(17)24)9-10-22(21)27(15)14-16-5-3-2-4-6-16/h2-13H,14H2,1H3. The van der Waals surface area contributed by atoms with Crippen molar-refractivity contribution in [1.29, 1.82) is 0 Å². The summed E-state index contributed by atoms with van der Waals surface area (Å²) in [5.74, 6) is 0.982. The van der Waals surface area contributed by atoms with Crippen LogP contribution in [0.3, 0.4) is 0 Å². The predicted molar refractivity (Wildman–Crippen MR) is 114 cm³/mol. The molecule has 0 spiro atoms. The van der Waals surface area contributed by atoms with Gasteiger partial charge >= 0.3 is 0 Å². The van der Waals surface area contributed by atoms with Crippen LogP contribution >= 0.6 is 23.2 Å². The number of nitrogens with zero attached hydrogens (tertiary/aromatic N) is 3. The number of aryl methyl sites for hydroxylation is 1. The average Bonchev–Trinajstić information content (AvgIpc) is 2.96. The van der Waals surface area contributed by atoms with Crippen molar-refractivity contribution in [3.05, 3.63) is 93.7 Å². The van der Waals surface area contributed by atoms with Crippen molar-refractivity contribution in [2.24, 2.45) is 4.99 Å². The molecule has 0 amide bonds. The highest BCUT2D eigenvalue weighted by molar-refractivity contribution is 6.36. The molecule has 0 unspecified atom stereocenters. The Kier molecular flexibility index (Phi) is 4.97. The minimum absolute atomic E-state index is 0.579. The van der Waals surface area contributed by atoms with Crippen LogP contribution in [0, 0.1) is 6.92 Å². The molecule has 0 aliphatic carbocycles. The molecule has 0 aliphatic heterocycles. The lowest BCUT2D eigenvalue weighted by atomic mass is 10.2. The van der Waals surface area contributed by atoms with E-state index >= 15 is 0 Å². The topological polar surface area (TPSA) is 30.2 Å². The Morgan fingerprint density at radius 3 is 2.59 bits per heavy atom. The zero-order valence-electron chi connectivity index (χ0n) is 14.7. The molecule has 0 fully saturated rings. The second kappa shape index (κ2) is 7.55. The third-order valence-electron chi connectivity index (χ3n) is 4.42. The smallest absolute Gasteiger partial charge is 0.107 e. The van der Waals surface area contributed by atoms with Gasteiger partial charge in [-0.05, 0) is 42.8 Å². The molecule has 27 heavy (non-hydrogen) atoms. The van der Waals surface area contributed by atoms with Crippen molar-refractivity contribution >= 4 is 46.1 Å². The fourth-order valence-corrected chi connectivity index (χ4v) is 3.49. The van der Waals surface area contributed by atoms with Crippen LogP contribution in [0.4, 0.5) is 5.69 Å². The van der Waals surface area contributed by atoms with Crippen LogP contribution in [-0.4, -0.2) is 15.8 Å². The monoisotopic (exact) mass is 393 g/mol. The van der Waals surface area contributed by atoms with Crippen LogP contribution in [0.25, 0.3) is 11.0 Å². The predicted octanol–water partition coefficient (Wildman–Crippen LogP) is 6.45. The average molecular weight is 394 g/mol. The van der Waals surface area contributed by atoms with Crippen LogP contribution in [0.5, 0.6) is 0 Å². The zero-order chi connectivity index (χ0) is 18.8. The van der Waals surface area contributed by atoms with Crippen LogP contribution in [-0.2, 0) is 6.54 Å². The largest absolute Gasteiger partial charge is 0.324 e. The van der Waals surface area contributed by atoms with E-state index in [4.69, 9.17) is 28.2 Å². The van der Waals surface area contributed by atoms with Crippen molar-refractivity contribution in [1.82, 2.24) is 9.55 Å². The number of halogens is 2.